The Balaban J connectivity index is 1.58. The number of hydrogen-bond donors (Lipinski definition) is 1. The van der Waals surface area contributed by atoms with Gasteiger partial charge in [-0.1, -0.05) is 52.3 Å². The molecule has 0 aliphatic rings. The van der Waals surface area contributed by atoms with Crippen LogP contribution in [0.2, 0.25) is 0 Å². The number of nitrogens with zero attached hydrogens (tertiary/aromatic N) is 1. The predicted molar refractivity (Wildman–Crippen MR) is 114 cm³/mol. The molecule has 0 unspecified atom stereocenters. The van der Waals surface area contributed by atoms with E-state index in [4.69, 9.17) is 0 Å². The Hall–Kier alpha value is -2.92. The number of benzene rings is 3. The maximum absolute atomic E-state index is 13.2. The van der Waals surface area contributed by atoms with Crippen molar-refractivity contribution in [3.05, 3.63) is 100 Å². The van der Waals surface area contributed by atoms with Crippen LogP contribution in [0.25, 0.3) is 10.9 Å². The molecule has 1 N–H and O–H groups in total. The summed E-state index contributed by atoms with van der Waals surface area (Å²) in [5, 5.41) is 3.99. The molecule has 1 heterocycles. The molecule has 28 heavy (non-hydrogen) atoms. The Labute approximate surface area is 170 Å². The van der Waals surface area contributed by atoms with Crippen molar-refractivity contribution in [2.45, 2.75) is 13.0 Å². The van der Waals surface area contributed by atoms with Gasteiger partial charge < -0.3 is 9.88 Å². The summed E-state index contributed by atoms with van der Waals surface area (Å²) in [5.41, 5.74) is 3.78. The van der Waals surface area contributed by atoms with Gasteiger partial charge in [0.15, 0.2) is 0 Å². The van der Waals surface area contributed by atoms with E-state index in [-0.39, 0.29) is 18.1 Å². The normalized spacial score (nSPS) is 10.9. The number of para-hydroxylation sites is 1. The third-order valence-electron chi connectivity index (χ3n) is 4.60. The molecule has 0 saturated carbocycles. The van der Waals surface area contributed by atoms with Crippen molar-refractivity contribution in [1.29, 1.82) is 0 Å². The molecule has 1 amide bonds. The zero-order chi connectivity index (χ0) is 19.5. The molecule has 0 aliphatic carbocycles. The predicted octanol–water partition coefficient (Wildman–Crippen LogP) is 5.77. The molecule has 0 fully saturated rings. The summed E-state index contributed by atoms with van der Waals surface area (Å²) in [6, 6.07) is 22.0. The van der Waals surface area contributed by atoms with E-state index in [1.165, 1.54) is 12.1 Å². The minimum atomic E-state index is -0.244. The van der Waals surface area contributed by atoms with Crippen molar-refractivity contribution in [2.75, 3.05) is 5.32 Å². The Morgan fingerprint density at radius 3 is 2.57 bits per heavy atom. The number of halogens is 2. The average molecular weight is 437 g/mol. The molecule has 0 atom stereocenters. The van der Waals surface area contributed by atoms with Crippen LogP contribution in [-0.2, 0) is 17.8 Å². The van der Waals surface area contributed by atoms with Crippen LogP contribution in [0.3, 0.4) is 0 Å². The zero-order valence-electron chi connectivity index (χ0n) is 15.0. The first-order valence-corrected chi connectivity index (χ1v) is 9.74. The summed E-state index contributed by atoms with van der Waals surface area (Å²) >= 11 is 3.41. The zero-order valence-corrected chi connectivity index (χ0v) is 16.6. The minimum Gasteiger partial charge on any atom is -0.343 e. The van der Waals surface area contributed by atoms with Crippen molar-refractivity contribution in [1.82, 2.24) is 4.57 Å². The third-order valence-corrected chi connectivity index (χ3v) is 5.09. The highest BCUT2D eigenvalue weighted by molar-refractivity contribution is 9.10. The average Bonchev–Trinajstić information content (AvgIpc) is 3.01. The quantitative estimate of drug-likeness (QED) is 0.423. The summed E-state index contributed by atoms with van der Waals surface area (Å²) < 4.78 is 16.2. The lowest BCUT2D eigenvalue weighted by atomic mass is 10.1. The van der Waals surface area contributed by atoms with Gasteiger partial charge in [0.2, 0.25) is 5.91 Å². The summed E-state index contributed by atoms with van der Waals surface area (Å²) in [6.07, 6.45) is 2.29. The molecule has 3 nitrogen and oxygen atoms in total. The second kappa shape index (κ2) is 7.98. The van der Waals surface area contributed by atoms with Gasteiger partial charge in [-0.3, -0.25) is 4.79 Å². The van der Waals surface area contributed by atoms with Crippen molar-refractivity contribution in [3.8, 4) is 0 Å². The molecule has 3 aromatic carbocycles. The van der Waals surface area contributed by atoms with E-state index in [0.717, 1.165) is 32.2 Å². The third kappa shape index (κ3) is 4.15. The number of carbonyl (C=O) groups excluding carboxylic acids is 1. The topological polar surface area (TPSA) is 34.0 Å². The number of fused-ring (bicyclic) bond motifs is 1. The van der Waals surface area contributed by atoms with Gasteiger partial charge in [0.1, 0.15) is 5.82 Å². The smallest absolute Gasteiger partial charge is 0.228 e. The molecule has 1 aromatic heterocycles. The van der Waals surface area contributed by atoms with Crippen molar-refractivity contribution < 1.29 is 9.18 Å². The molecule has 5 heteroatoms. The van der Waals surface area contributed by atoms with Crippen LogP contribution in [0.15, 0.2) is 83.5 Å². The number of anilines is 1. The van der Waals surface area contributed by atoms with E-state index >= 15 is 0 Å². The Morgan fingerprint density at radius 2 is 1.79 bits per heavy atom. The first-order valence-electron chi connectivity index (χ1n) is 8.95. The minimum absolute atomic E-state index is 0.0669. The van der Waals surface area contributed by atoms with Gasteiger partial charge in [-0.15, -0.1) is 0 Å². The molecule has 4 aromatic rings. The number of amides is 1. The van der Waals surface area contributed by atoms with Crippen LogP contribution in [-0.4, -0.2) is 10.5 Å². The lowest BCUT2D eigenvalue weighted by Crippen LogP contribution is -2.14. The lowest BCUT2D eigenvalue weighted by molar-refractivity contribution is -0.115. The van der Waals surface area contributed by atoms with Gasteiger partial charge in [-0.2, -0.15) is 0 Å². The summed E-state index contributed by atoms with van der Waals surface area (Å²) in [7, 11) is 0. The van der Waals surface area contributed by atoms with E-state index in [0.29, 0.717) is 6.54 Å². The van der Waals surface area contributed by atoms with E-state index in [1.54, 1.807) is 12.1 Å². The maximum Gasteiger partial charge on any atom is 0.228 e. The summed E-state index contributed by atoms with van der Waals surface area (Å²) in [5.74, 6) is -0.311. The van der Waals surface area contributed by atoms with Crippen molar-refractivity contribution in [3.63, 3.8) is 0 Å². The summed E-state index contributed by atoms with van der Waals surface area (Å²) in [4.78, 5) is 12.6. The fourth-order valence-electron chi connectivity index (χ4n) is 3.33. The number of rotatable bonds is 5. The van der Waals surface area contributed by atoms with Gasteiger partial charge >= 0.3 is 0 Å². The molecule has 140 valence electrons. The van der Waals surface area contributed by atoms with Crippen LogP contribution < -0.4 is 5.32 Å². The first kappa shape index (κ1) is 18.4. The molecule has 0 aliphatic heterocycles. The largest absolute Gasteiger partial charge is 0.343 e. The lowest BCUT2D eigenvalue weighted by Gasteiger charge is -2.05. The number of carbonyl (C=O) groups is 1. The van der Waals surface area contributed by atoms with Gasteiger partial charge in [0.25, 0.3) is 0 Å². The van der Waals surface area contributed by atoms with E-state index < -0.39 is 0 Å². The highest BCUT2D eigenvalue weighted by atomic mass is 79.9. The fraction of sp³-hybridized carbons (Fsp3) is 0.0870. The second-order valence-corrected chi connectivity index (χ2v) is 7.58. The van der Waals surface area contributed by atoms with Crippen LogP contribution >= 0.6 is 15.9 Å². The molecule has 4 rings (SSSR count). The Bertz CT molecular complexity index is 1140. The molecule has 0 spiro atoms. The highest BCUT2D eigenvalue weighted by Gasteiger charge is 2.12. The van der Waals surface area contributed by atoms with Crippen molar-refractivity contribution >= 4 is 38.4 Å². The second-order valence-electron chi connectivity index (χ2n) is 6.66. The first-order chi connectivity index (χ1) is 13.6. The molecular weight excluding hydrogens is 419 g/mol. The maximum atomic E-state index is 13.2. The fourth-order valence-corrected chi connectivity index (χ4v) is 3.72. The molecule has 0 saturated heterocycles. The summed E-state index contributed by atoms with van der Waals surface area (Å²) in [6.45, 7) is 0.619. The van der Waals surface area contributed by atoms with Gasteiger partial charge in [-0.05, 0) is 47.5 Å². The van der Waals surface area contributed by atoms with Crippen LogP contribution in [0.1, 0.15) is 11.1 Å². The molecule has 0 bridgehead atoms. The Morgan fingerprint density at radius 1 is 1.00 bits per heavy atom. The van der Waals surface area contributed by atoms with Gasteiger partial charge in [0.05, 0.1) is 6.42 Å². The van der Waals surface area contributed by atoms with Crippen LogP contribution in [0.5, 0.6) is 0 Å². The highest BCUT2D eigenvalue weighted by Crippen LogP contribution is 2.24. The molecule has 0 radical (unpaired) electrons. The van der Waals surface area contributed by atoms with Crippen molar-refractivity contribution in [2.24, 2.45) is 0 Å². The molecular formula is C23H18BrFN2O. The van der Waals surface area contributed by atoms with E-state index in [1.807, 2.05) is 54.7 Å². The van der Waals surface area contributed by atoms with Gasteiger partial charge in [0, 0.05) is 33.8 Å². The Kier molecular flexibility index (Phi) is 5.26. The monoisotopic (exact) mass is 436 g/mol. The number of hydrogen-bond acceptors (Lipinski definition) is 1. The van der Waals surface area contributed by atoms with Crippen LogP contribution in [0.4, 0.5) is 10.1 Å². The number of nitrogens with one attached hydrogen (secondary N) is 1. The van der Waals surface area contributed by atoms with E-state index in [9.17, 15) is 9.18 Å². The van der Waals surface area contributed by atoms with E-state index in [2.05, 4.69) is 25.8 Å². The standard InChI is InChI=1S/C23H18BrFN2O/c24-18-4-3-5-20(13-18)26-23(28)12-17-15-27(22-7-2-1-6-21(17)22)14-16-8-10-19(25)11-9-16/h1-11,13,15H,12,14H2,(H,26,28). The van der Waals surface area contributed by atoms with Gasteiger partial charge in [-0.25, -0.2) is 4.39 Å². The SMILES string of the molecule is O=C(Cc1cn(Cc2ccc(F)cc2)c2ccccc12)Nc1cccc(Br)c1. The number of aromatic nitrogens is 1. The van der Waals surface area contributed by atoms with Crippen LogP contribution in [0, 0.1) is 5.82 Å².